The van der Waals surface area contributed by atoms with Crippen molar-refractivity contribution in [2.75, 3.05) is 0 Å². The van der Waals surface area contributed by atoms with E-state index in [1.807, 2.05) is 42.5 Å². The van der Waals surface area contributed by atoms with Crippen LogP contribution >= 0.6 is 0 Å². The lowest BCUT2D eigenvalue weighted by molar-refractivity contribution is 0.427. The molecule has 0 saturated heterocycles. The highest BCUT2D eigenvalue weighted by molar-refractivity contribution is 6.01. The molecule has 3 heterocycles. The third kappa shape index (κ3) is 2.38. The molecule has 5 aromatic rings. The molecule has 0 aliphatic heterocycles. The second kappa shape index (κ2) is 6.66. The van der Waals surface area contributed by atoms with Gasteiger partial charge < -0.3 is 4.57 Å². The molecular weight excluding hydrogens is 372 g/mol. The number of imidazole rings is 1. The highest BCUT2D eigenvalue weighted by atomic mass is 16.1. The number of benzene rings is 2. The lowest BCUT2D eigenvalue weighted by atomic mass is 9.88. The summed E-state index contributed by atoms with van der Waals surface area (Å²) in [7, 11) is 0. The Kier molecular flexibility index (Phi) is 3.91. The molecule has 30 heavy (non-hydrogen) atoms. The Balaban J connectivity index is 1.87. The summed E-state index contributed by atoms with van der Waals surface area (Å²) in [4.78, 5) is 23.8. The van der Waals surface area contributed by atoms with E-state index < -0.39 is 0 Å². The number of para-hydroxylation sites is 3. The first-order chi connectivity index (χ1) is 14.8. The van der Waals surface area contributed by atoms with E-state index in [4.69, 9.17) is 9.97 Å². The van der Waals surface area contributed by atoms with E-state index in [0.717, 1.165) is 58.4 Å². The second-order valence-corrected chi connectivity index (χ2v) is 8.35. The van der Waals surface area contributed by atoms with E-state index in [-0.39, 0.29) is 5.43 Å². The summed E-state index contributed by atoms with van der Waals surface area (Å²) >= 11 is 0. The Morgan fingerprint density at radius 2 is 1.63 bits per heavy atom. The lowest BCUT2D eigenvalue weighted by Crippen LogP contribution is -2.18. The number of nitrogens with zero attached hydrogens (tertiary/aromatic N) is 4. The first kappa shape index (κ1) is 17.6. The van der Waals surface area contributed by atoms with Crippen molar-refractivity contribution in [3.63, 3.8) is 0 Å². The molecule has 5 nitrogen and oxygen atoms in total. The molecule has 0 amide bonds. The molecule has 0 atom stereocenters. The van der Waals surface area contributed by atoms with Gasteiger partial charge in [-0.15, -0.1) is 0 Å². The van der Waals surface area contributed by atoms with Crippen molar-refractivity contribution in [1.82, 2.24) is 18.9 Å². The van der Waals surface area contributed by atoms with Crippen LogP contribution in [0, 0.1) is 0 Å². The van der Waals surface area contributed by atoms with Gasteiger partial charge in [0.05, 0.1) is 16.6 Å². The molecule has 0 radical (unpaired) electrons. The summed E-state index contributed by atoms with van der Waals surface area (Å²) in [5, 5.41) is 1.36. The molecule has 0 spiro atoms. The summed E-state index contributed by atoms with van der Waals surface area (Å²) < 4.78 is 4.35. The molecule has 1 fully saturated rings. The predicted octanol–water partition coefficient (Wildman–Crippen LogP) is 5.42. The fraction of sp³-hybridized carbons (Fsp3) is 0.320. The molecule has 150 valence electrons. The zero-order chi connectivity index (χ0) is 20.2. The number of rotatable bonds is 2. The van der Waals surface area contributed by atoms with Crippen LogP contribution in [0.3, 0.4) is 0 Å². The van der Waals surface area contributed by atoms with Crippen molar-refractivity contribution in [2.24, 2.45) is 0 Å². The van der Waals surface area contributed by atoms with Gasteiger partial charge in [-0.05, 0) is 44.0 Å². The average molecular weight is 396 g/mol. The van der Waals surface area contributed by atoms with E-state index in [1.54, 1.807) is 0 Å². The second-order valence-electron chi connectivity index (χ2n) is 8.35. The fourth-order valence-corrected chi connectivity index (χ4v) is 5.24. The van der Waals surface area contributed by atoms with E-state index in [9.17, 15) is 4.79 Å². The van der Waals surface area contributed by atoms with Crippen LogP contribution in [0.2, 0.25) is 0 Å². The van der Waals surface area contributed by atoms with Crippen LogP contribution in [0.25, 0.3) is 38.6 Å². The summed E-state index contributed by atoms with van der Waals surface area (Å²) in [6.07, 6.45) is 6.05. The Morgan fingerprint density at radius 3 is 2.43 bits per heavy atom. The minimum absolute atomic E-state index is 0.0216. The Morgan fingerprint density at radius 1 is 0.900 bits per heavy atom. The van der Waals surface area contributed by atoms with E-state index in [2.05, 4.69) is 22.0 Å². The zero-order valence-electron chi connectivity index (χ0n) is 17.1. The van der Waals surface area contributed by atoms with E-state index >= 15 is 0 Å². The largest absolute Gasteiger partial charge is 0.325 e. The molecule has 2 aromatic carbocycles. The van der Waals surface area contributed by atoms with Gasteiger partial charge in [-0.3, -0.25) is 9.20 Å². The molecule has 6 rings (SSSR count). The molecular formula is C25H24N4O. The Labute approximate surface area is 174 Å². The van der Waals surface area contributed by atoms with Gasteiger partial charge in [0.1, 0.15) is 16.9 Å². The maximum atomic E-state index is 13.6. The van der Waals surface area contributed by atoms with Crippen molar-refractivity contribution in [2.45, 2.75) is 51.5 Å². The quantitative estimate of drug-likeness (QED) is 0.375. The first-order valence-electron chi connectivity index (χ1n) is 11.0. The summed E-state index contributed by atoms with van der Waals surface area (Å²) in [5.41, 5.74) is 4.44. The van der Waals surface area contributed by atoms with Gasteiger partial charge >= 0.3 is 0 Å². The van der Waals surface area contributed by atoms with Crippen molar-refractivity contribution in [3.8, 4) is 0 Å². The molecule has 3 aromatic heterocycles. The fourth-order valence-electron chi connectivity index (χ4n) is 5.24. The van der Waals surface area contributed by atoms with Crippen LogP contribution in [-0.2, 0) is 6.54 Å². The standard InChI is InChI=1S/C25H24N4O/c1-2-28-19-14-8-6-12-17(19)22(30)21-24(28)27-23(16-10-4-3-5-11-16)29-20-15-9-7-13-18(20)26-25(21)29/h6-9,12-16H,2-5,10-11H2,1H3. The van der Waals surface area contributed by atoms with Crippen molar-refractivity contribution < 1.29 is 0 Å². The van der Waals surface area contributed by atoms with Crippen LogP contribution in [0.15, 0.2) is 53.3 Å². The number of hydrogen-bond acceptors (Lipinski definition) is 3. The van der Waals surface area contributed by atoms with Gasteiger partial charge in [-0.1, -0.05) is 43.5 Å². The molecule has 5 heteroatoms. The lowest BCUT2D eigenvalue weighted by Gasteiger charge is -2.23. The highest BCUT2D eigenvalue weighted by Gasteiger charge is 2.25. The van der Waals surface area contributed by atoms with Gasteiger partial charge in [0.2, 0.25) is 5.43 Å². The number of fused-ring (bicyclic) bond motifs is 6. The number of hydrogen-bond donors (Lipinski definition) is 0. The van der Waals surface area contributed by atoms with E-state index in [1.165, 1.54) is 19.3 Å². The van der Waals surface area contributed by atoms with Crippen LogP contribution in [0.4, 0.5) is 0 Å². The molecule has 1 aliphatic rings. The number of aryl methyl sites for hydroxylation is 1. The van der Waals surface area contributed by atoms with E-state index in [0.29, 0.717) is 11.3 Å². The average Bonchev–Trinajstić information content (AvgIpc) is 3.19. The maximum absolute atomic E-state index is 13.6. The molecule has 0 N–H and O–H groups in total. The van der Waals surface area contributed by atoms with Crippen molar-refractivity contribution in [3.05, 3.63) is 64.6 Å². The predicted molar refractivity (Wildman–Crippen MR) is 121 cm³/mol. The summed E-state index contributed by atoms with van der Waals surface area (Å²) in [6.45, 7) is 2.87. The van der Waals surface area contributed by atoms with Crippen LogP contribution < -0.4 is 5.43 Å². The smallest absolute Gasteiger partial charge is 0.202 e. The van der Waals surface area contributed by atoms with Crippen LogP contribution in [0.5, 0.6) is 0 Å². The van der Waals surface area contributed by atoms with Crippen LogP contribution in [-0.4, -0.2) is 18.9 Å². The molecule has 1 saturated carbocycles. The third-order valence-electron chi connectivity index (χ3n) is 6.67. The third-order valence-corrected chi connectivity index (χ3v) is 6.67. The number of aromatic nitrogens is 4. The SMILES string of the molecule is CCn1c2ccccc2c(=O)c2c1nc(C1CCCCC1)n1c3ccccc3nc21. The van der Waals surface area contributed by atoms with Crippen molar-refractivity contribution in [1.29, 1.82) is 0 Å². The van der Waals surface area contributed by atoms with Crippen LogP contribution in [0.1, 0.15) is 50.8 Å². The van der Waals surface area contributed by atoms with Gasteiger partial charge in [0.25, 0.3) is 0 Å². The molecule has 1 aliphatic carbocycles. The molecule has 0 bridgehead atoms. The zero-order valence-corrected chi connectivity index (χ0v) is 17.1. The Bertz CT molecular complexity index is 1490. The van der Waals surface area contributed by atoms with Gasteiger partial charge in [0, 0.05) is 17.8 Å². The monoisotopic (exact) mass is 396 g/mol. The highest BCUT2D eigenvalue weighted by Crippen LogP contribution is 2.35. The van der Waals surface area contributed by atoms with Gasteiger partial charge in [-0.25, -0.2) is 9.97 Å². The number of pyridine rings is 1. The maximum Gasteiger partial charge on any atom is 0.202 e. The van der Waals surface area contributed by atoms with Crippen molar-refractivity contribution >= 4 is 38.6 Å². The summed E-state index contributed by atoms with van der Waals surface area (Å²) in [5.74, 6) is 1.46. The summed E-state index contributed by atoms with van der Waals surface area (Å²) in [6, 6.07) is 16.0. The van der Waals surface area contributed by atoms with Gasteiger partial charge in [0.15, 0.2) is 5.65 Å². The molecule has 0 unspecified atom stereocenters. The minimum atomic E-state index is 0.0216. The topological polar surface area (TPSA) is 52.2 Å². The first-order valence-corrected chi connectivity index (χ1v) is 11.0. The Hall–Kier alpha value is -3.21. The van der Waals surface area contributed by atoms with Gasteiger partial charge in [-0.2, -0.15) is 0 Å². The normalized spacial score (nSPS) is 15.6. The minimum Gasteiger partial charge on any atom is -0.325 e.